The smallest absolute Gasteiger partial charge is 0.235 e. The first kappa shape index (κ1) is 16.3. The molecule has 2 bridgehead atoms. The highest BCUT2D eigenvalue weighted by Crippen LogP contribution is 2.52. The lowest BCUT2D eigenvalue weighted by Crippen LogP contribution is -2.41. The molecule has 2 amide bonds. The number of nitrogens with one attached hydrogen (secondary N) is 1. The zero-order valence-electron chi connectivity index (χ0n) is 15.0. The van der Waals surface area contributed by atoms with E-state index in [0.717, 1.165) is 5.56 Å². The Hall–Kier alpha value is -2.93. The number of aromatic nitrogens is 1. The molecule has 0 unspecified atom stereocenters. The Morgan fingerprint density at radius 3 is 2.78 bits per heavy atom. The van der Waals surface area contributed by atoms with Crippen LogP contribution in [0, 0.1) is 25.7 Å². The summed E-state index contributed by atoms with van der Waals surface area (Å²) in [7, 11) is 0. The van der Waals surface area contributed by atoms with Crippen LogP contribution in [0.15, 0.2) is 47.0 Å². The molecule has 1 spiro atoms. The Labute approximate surface area is 156 Å². The summed E-state index contributed by atoms with van der Waals surface area (Å²) < 4.78 is 11.2. The maximum atomic E-state index is 13.1. The number of benzene rings is 1. The summed E-state index contributed by atoms with van der Waals surface area (Å²) in [5.41, 5.74) is 1.05. The molecule has 1 aromatic carbocycles. The van der Waals surface area contributed by atoms with Gasteiger partial charge in [0.25, 0.3) is 0 Å². The first-order valence-electron chi connectivity index (χ1n) is 8.96. The van der Waals surface area contributed by atoms with E-state index in [4.69, 9.17) is 9.26 Å². The highest BCUT2D eigenvalue weighted by atomic mass is 16.5. The molecular weight excluding hydrogens is 346 g/mol. The van der Waals surface area contributed by atoms with Crippen molar-refractivity contribution in [1.82, 2.24) is 5.16 Å². The van der Waals surface area contributed by atoms with Gasteiger partial charge in [0.2, 0.25) is 11.8 Å². The minimum Gasteiger partial charge on any atom is -0.360 e. The second-order valence-electron chi connectivity index (χ2n) is 7.48. The van der Waals surface area contributed by atoms with Crippen molar-refractivity contribution in [3.05, 3.63) is 53.8 Å². The van der Waals surface area contributed by atoms with E-state index in [1.54, 1.807) is 17.9 Å². The molecule has 1 aromatic heterocycles. The Balaban J connectivity index is 1.43. The molecule has 2 fully saturated rings. The summed E-state index contributed by atoms with van der Waals surface area (Å²) in [5.74, 6) is -0.399. The van der Waals surface area contributed by atoms with E-state index >= 15 is 0 Å². The molecule has 0 saturated carbocycles. The molecule has 4 atom stereocenters. The first-order chi connectivity index (χ1) is 13.0. The molecule has 27 heavy (non-hydrogen) atoms. The predicted molar refractivity (Wildman–Crippen MR) is 97.1 cm³/mol. The number of fused-ring (bicyclic) bond motifs is 1. The third-order valence-electron chi connectivity index (χ3n) is 5.61. The molecular formula is C20H19N3O4. The summed E-state index contributed by atoms with van der Waals surface area (Å²) >= 11 is 0. The van der Waals surface area contributed by atoms with Gasteiger partial charge in [-0.2, -0.15) is 0 Å². The zero-order valence-corrected chi connectivity index (χ0v) is 15.0. The van der Waals surface area contributed by atoms with Gasteiger partial charge in [-0.15, -0.1) is 0 Å². The van der Waals surface area contributed by atoms with Crippen LogP contribution in [0.1, 0.15) is 11.3 Å². The van der Waals surface area contributed by atoms with E-state index in [9.17, 15) is 9.59 Å². The second-order valence-corrected chi connectivity index (χ2v) is 7.48. The Morgan fingerprint density at radius 2 is 2.07 bits per heavy atom. The van der Waals surface area contributed by atoms with Crippen LogP contribution in [0.25, 0.3) is 0 Å². The van der Waals surface area contributed by atoms with E-state index in [-0.39, 0.29) is 17.9 Å². The lowest BCUT2D eigenvalue weighted by atomic mass is 9.77. The highest BCUT2D eigenvalue weighted by molar-refractivity contribution is 6.05. The van der Waals surface area contributed by atoms with Gasteiger partial charge in [-0.25, -0.2) is 0 Å². The predicted octanol–water partition coefficient (Wildman–Crippen LogP) is 2.22. The number of hydrogen-bond acceptors (Lipinski definition) is 5. The van der Waals surface area contributed by atoms with Crippen molar-refractivity contribution in [2.75, 3.05) is 16.8 Å². The number of nitrogens with zero attached hydrogens (tertiary/aromatic N) is 2. The van der Waals surface area contributed by atoms with Crippen molar-refractivity contribution in [1.29, 1.82) is 0 Å². The van der Waals surface area contributed by atoms with Gasteiger partial charge in [0, 0.05) is 11.8 Å². The van der Waals surface area contributed by atoms with Crippen LogP contribution in [0.3, 0.4) is 0 Å². The zero-order chi connectivity index (χ0) is 18.8. The van der Waals surface area contributed by atoms with Crippen LogP contribution in [0.4, 0.5) is 11.5 Å². The van der Waals surface area contributed by atoms with Gasteiger partial charge in [0.1, 0.15) is 11.4 Å². The van der Waals surface area contributed by atoms with E-state index in [0.29, 0.717) is 23.8 Å². The largest absolute Gasteiger partial charge is 0.360 e. The molecule has 7 heteroatoms. The quantitative estimate of drug-likeness (QED) is 0.843. The molecule has 4 heterocycles. The molecule has 1 N–H and O–H groups in total. The van der Waals surface area contributed by atoms with Gasteiger partial charge in [-0.1, -0.05) is 35.0 Å². The third kappa shape index (κ3) is 2.35. The second kappa shape index (κ2) is 5.53. The van der Waals surface area contributed by atoms with Crippen molar-refractivity contribution in [3.63, 3.8) is 0 Å². The molecule has 138 valence electrons. The van der Waals surface area contributed by atoms with Crippen LogP contribution in [0.5, 0.6) is 0 Å². The molecule has 2 saturated heterocycles. The average molecular weight is 365 g/mol. The van der Waals surface area contributed by atoms with E-state index in [1.807, 2.05) is 43.3 Å². The SMILES string of the molecule is Cc1ccc(NC(=O)[C@@H]2[C@H]3C(=O)N(c4cc(C)on4)C[C@]34C=C[C@H]2O4)cc1. The van der Waals surface area contributed by atoms with Crippen LogP contribution in [-0.4, -0.2) is 35.2 Å². The van der Waals surface area contributed by atoms with Crippen LogP contribution in [0.2, 0.25) is 0 Å². The van der Waals surface area contributed by atoms with E-state index < -0.39 is 17.4 Å². The topological polar surface area (TPSA) is 84.7 Å². The summed E-state index contributed by atoms with van der Waals surface area (Å²) in [6, 6.07) is 9.29. The average Bonchev–Trinajstić information content (AvgIpc) is 3.38. The Bertz CT molecular complexity index is 964. The maximum absolute atomic E-state index is 13.1. The highest BCUT2D eigenvalue weighted by Gasteiger charge is 2.67. The Morgan fingerprint density at radius 1 is 1.30 bits per heavy atom. The number of anilines is 2. The number of amides is 2. The number of carbonyl (C=O) groups excluding carboxylic acids is 2. The molecule has 0 radical (unpaired) electrons. The fourth-order valence-electron chi connectivity index (χ4n) is 4.33. The minimum absolute atomic E-state index is 0.154. The summed E-state index contributed by atoms with van der Waals surface area (Å²) in [5, 5.41) is 6.88. The van der Waals surface area contributed by atoms with Gasteiger partial charge < -0.3 is 14.6 Å². The number of carbonyl (C=O) groups is 2. The van der Waals surface area contributed by atoms with Gasteiger partial charge in [-0.05, 0) is 26.0 Å². The fourth-order valence-corrected chi connectivity index (χ4v) is 4.33. The normalized spacial score (nSPS) is 30.8. The Kier molecular flexibility index (Phi) is 3.33. The number of rotatable bonds is 3. The molecule has 7 nitrogen and oxygen atoms in total. The number of aryl methyl sites for hydroxylation is 2. The van der Waals surface area contributed by atoms with E-state index in [2.05, 4.69) is 10.5 Å². The van der Waals surface area contributed by atoms with Crippen molar-refractivity contribution in [3.8, 4) is 0 Å². The molecule has 2 aromatic rings. The monoisotopic (exact) mass is 365 g/mol. The molecule has 3 aliphatic heterocycles. The molecule has 0 aliphatic carbocycles. The minimum atomic E-state index is -0.774. The summed E-state index contributed by atoms with van der Waals surface area (Å²) in [4.78, 5) is 27.7. The lowest BCUT2D eigenvalue weighted by molar-refractivity contribution is -0.128. The van der Waals surface area contributed by atoms with Crippen LogP contribution >= 0.6 is 0 Å². The fraction of sp³-hybridized carbons (Fsp3) is 0.350. The molecule has 3 aliphatic rings. The number of hydrogen-bond donors (Lipinski definition) is 1. The third-order valence-corrected chi connectivity index (χ3v) is 5.61. The maximum Gasteiger partial charge on any atom is 0.235 e. The summed E-state index contributed by atoms with van der Waals surface area (Å²) in [6.45, 7) is 4.10. The van der Waals surface area contributed by atoms with Gasteiger partial charge in [-0.3, -0.25) is 14.5 Å². The van der Waals surface area contributed by atoms with Gasteiger partial charge in [0.05, 0.1) is 24.5 Å². The van der Waals surface area contributed by atoms with Crippen LogP contribution < -0.4 is 10.2 Å². The van der Waals surface area contributed by atoms with E-state index in [1.165, 1.54) is 0 Å². The van der Waals surface area contributed by atoms with Crippen molar-refractivity contribution >= 4 is 23.3 Å². The van der Waals surface area contributed by atoms with Crippen molar-refractivity contribution in [2.24, 2.45) is 11.8 Å². The van der Waals surface area contributed by atoms with Crippen molar-refractivity contribution < 1.29 is 18.8 Å². The number of ether oxygens (including phenoxy) is 1. The lowest BCUT2D eigenvalue weighted by Gasteiger charge is -2.23. The van der Waals surface area contributed by atoms with Gasteiger partial charge >= 0.3 is 0 Å². The van der Waals surface area contributed by atoms with Gasteiger partial charge in [0.15, 0.2) is 5.82 Å². The first-order valence-corrected chi connectivity index (χ1v) is 8.96. The molecule has 5 rings (SSSR count). The van der Waals surface area contributed by atoms with Crippen molar-refractivity contribution in [2.45, 2.75) is 25.6 Å². The summed E-state index contributed by atoms with van der Waals surface area (Å²) in [6.07, 6.45) is 3.43. The standard InChI is InChI=1S/C20H19N3O4/c1-11-3-5-13(6-4-11)21-18(24)16-14-7-8-20(26-14)10-23(19(25)17(16)20)15-9-12(2)27-22-15/h3-9,14,16-17H,10H2,1-2H3,(H,21,24)/t14-,16+,17+,20-/m1/s1. The van der Waals surface area contributed by atoms with Crippen LogP contribution in [-0.2, 0) is 14.3 Å².